The monoisotopic (exact) mass is 466 g/mol. The normalized spacial score (nSPS) is 15.1. The van der Waals surface area contributed by atoms with Crippen molar-refractivity contribution in [2.24, 2.45) is 11.3 Å². The molecule has 0 radical (unpaired) electrons. The third-order valence-electron chi connectivity index (χ3n) is 6.61. The molecule has 0 bridgehead atoms. The average Bonchev–Trinajstić information content (AvgIpc) is 3.14. The minimum atomic E-state index is -1.06. The summed E-state index contributed by atoms with van der Waals surface area (Å²) in [6, 6.07) is 15.2. The lowest BCUT2D eigenvalue weighted by atomic mass is 9.85. The van der Waals surface area contributed by atoms with Gasteiger partial charge in [0.2, 0.25) is 5.91 Å². The number of aliphatic carboxylic acids is 1. The molecule has 1 aliphatic rings. The van der Waals surface area contributed by atoms with Crippen molar-refractivity contribution in [1.82, 2.24) is 10.6 Å². The molecule has 2 atom stereocenters. The van der Waals surface area contributed by atoms with Crippen molar-refractivity contribution >= 4 is 18.0 Å². The van der Waals surface area contributed by atoms with Gasteiger partial charge in [-0.3, -0.25) is 4.79 Å². The van der Waals surface area contributed by atoms with E-state index >= 15 is 0 Å². The van der Waals surface area contributed by atoms with E-state index in [1.807, 2.05) is 45.0 Å². The van der Waals surface area contributed by atoms with E-state index in [4.69, 9.17) is 4.74 Å². The summed E-state index contributed by atoms with van der Waals surface area (Å²) in [6.45, 7) is 7.57. The Bertz CT molecular complexity index is 1010. The van der Waals surface area contributed by atoms with Crippen LogP contribution in [-0.4, -0.2) is 42.3 Å². The largest absolute Gasteiger partial charge is 0.480 e. The zero-order valence-corrected chi connectivity index (χ0v) is 20.3. The van der Waals surface area contributed by atoms with E-state index in [0.717, 1.165) is 22.3 Å². The number of ether oxygens (including phenoxy) is 1. The van der Waals surface area contributed by atoms with Gasteiger partial charge in [-0.1, -0.05) is 69.3 Å². The third kappa shape index (κ3) is 5.58. The van der Waals surface area contributed by atoms with Crippen molar-refractivity contribution in [3.05, 3.63) is 59.7 Å². The SMILES string of the molecule is CCC(C)(CNC(=O)OCC1c2ccccc2-c2ccccc21)C(=O)NC(CC(C)C)C(=O)O. The zero-order chi connectivity index (χ0) is 24.9. The molecule has 0 fully saturated rings. The second kappa shape index (κ2) is 10.7. The van der Waals surface area contributed by atoms with Gasteiger partial charge in [0.05, 0.1) is 5.41 Å². The molecule has 2 aromatic carbocycles. The van der Waals surface area contributed by atoms with E-state index in [-0.39, 0.29) is 25.0 Å². The van der Waals surface area contributed by atoms with Crippen LogP contribution in [-0.2, 0) is 14.3 Å². The molecule has 0 saturated heterocycles. The van der Waals surface area contributed by atoms with Crippen molar-refractivity contribution in [3.63, 3.8) is 0 Å². The summed E-state index contributed by atoms with van der Waals surface area (Å²) in [5.74, 6) is -1.40. The Morgan fingerprint density at radius 1 is 1.03 bits per heavy atom. The number of nitrogens with one attached hydrogen (secondary N) is 2. The van der Waals surface area contributed by atoms with Crippen LogP contribution in [0.1, 0.15) is 57.6 Å². The lowest BCUT2D eigenvalue weighted by Crippen LogP contribution is -2.51. The number of carbonyl (C=O) groups is 3. The van der Waals surface area contributed by atoms with Gasteiger partial charge in [0.25, 0.3) is 0 Å². The molecule has 1 aliphatic carbocycles. The highest BCUT2D eigenvalue weighted by molar-refractivity contribution is 5.87. The van der Waals surface area contributed by atoms with Gasteiger partial charge in [-0.05, 0) is 47.9 Å². The number of hydrogen-bond donors (Lipinski definition) is 3. The summed E-state index contributed by atoms with van der Waals surface area (Å²) in [7, 11) is 0. The summed E-state index contributed by atoms with van der Waals surface area (Å²) in [5, 5.41) is 14.8. The molecule has 0 aromatic heterocycles. The molecule has 7 nitrogen and oxygen atoms in total. The van der Waals surface area contributed by atoms with Crippen LogP contribution in [0.25, 0.3) is 11.1 Å². The minimum absolute atomic E-state index is 0.0417. The summed E-state index contributed by atoms with van der Waals surface area (Å²) in [6.07, 6.45) is 0.156. The average molecular weight is 467 g/mol. The maximum absolute atomic E-state index is 12.9. The summed E-state index contributed by atoms with van der Waals surface area (Å²) in [5.41, 5.74) is 3.59. The quantitative estimate of drug-likeness (QED) is 0.476. The minimum Gasteiger partial charge on any atom is -0.480 e. The molecule has 0 saturated carbocycles. The highest BCUT2D eigenvalue weighted by Gasteiger charge is 2.35. The van der Waals surface area contributed by atoms with E-state index in [0.29, 0.717) is 12.8 Å². The van der Waals surface area contributed by atoms with Crippen LogP contribution in [0.4, 0.5) is 4.79 Å². The zero-order valence-electron chi connectivity index (χ0n) is 20.3. The number of carboxylic acid groups (broad SMARTS) is 1. The Kier molecular flexibility index (Phi) is 7.97. The number of hydrogen-bond acceptors (Lipinski definition) is 4. The van der Waals surface area contributed by atoms with E-state index in [1.54, 1.807) is 6.92 Å². The predicted molar refractivity (Wildman–Crippen MR) is 130 cm³/mol. The summed E-state index contributed by atoms with van der Waals surface area (Å²) in [4.78, 5) is 36.9. The number of alkyl carbamates (subject to hydrolysis) is 1. The van der Waals surface area contributed by atoms with E-state index < -0.39 is 29.4 Å². The first-order valence-electron chi connectivity index (χ1n) is 11.8. The first-order valence-corrected chi connectivity index (χ1v) is 11.8. The van der Waals surface area contributed by atoms with Crippen molar-refractivity contribution in [2.45, 2.75) is 52.5 Å². The number of benzene rings is 2. The molecular formula is C27H34N2O5. The molecule has 0 aliphatic heterocycles. The molecule has 2 amide bonds. The van der Waals surface area contributed by atoms with Crippen molar-refractivity contribution in [2.75, 3.05) is 13.2 Å². The van der Waals surface area contributed by atoms with Crippen molar-refractivity contribution in [1.29, 1.82) is 0 Å². The number of carbonyl (C=O) groups excluding carboxylic acids is 2. The Balaban J connectivity index is 1.59. The number of carboxylic acids is 1. The van der Waals surface area contributed by atoms with Gasteiger partial charge in [-0.25, -0.2) is 9.59 Å². The lowest BCUT2D eigenvalue weighted by molar-refractivity contribution is -0.144. The highest BCUT2D eigenvalue weighted by Crippen LogP contribution is 2.44. The fourth-order valence-corrected chi connectivity index (χ4v) is 4.31. The Hall–Kier alpha value is -3.35. The molecule has 2 unspecified atom stereocenters. The highest BCUT2D eigenvalue weighted by atomic mass is 16.5. The first-order chi connectivity index (χ1) is 16.2. The Morgan fingerprint density at radius 2 is 1.59 bits per heavy atom. The Labute approximate surface area is 200 Å². The van der Waals surface area contributed by atoms with Crippen LogP contribution in [0.2, 0.25) is 0 Å². The molecular weight excluding hydrogens is 432 g/mol. The molecule has 34 heavy (non-hydrogen) atoms. The van der Waals surface area contributed by atoms with Crippen molar-refractivity contribution < 1.29 is 24.2 Å². The number of rotatable bonds is 10. The Morgan fingerprint density at radius 3 is 2.09 bits per heavy atom. The van der Waals surface area contributed by atoms with E-state index in [9.17, 15) is 19.5 Å². The standard InChI is InChI=1S/C27H34N2O5/c1-5-27(4,25(32)29-23(24(30)31)14-17(2)3)16-28-26(33)34-15-22-20-12-8-6-10-18(20)19-11-7-9-13-21(19)22/h6-13,17,22-23H,5,14-16H2,1-4H3,(H,28,33)(H,29,32)(H,30,31). The van der Waals surface area contributed by atoms with Gasteiger partial charge in [0.15, 0.2) is 0 Å². The molecule has 0 heterocycles. The van der Waals surface area contributed by atoms with Crippen molar-refractivity contribution in [3.8, 4) is 11.1 Å². The smallest absolute Gasteiger partial charge is 0.407 e. The molecule has 2 aromatic rings. The first kappa shape index (κ1) is 25.3. The molecule has 3 rings (SSSR count). The van der Waals surface area contributed by atoms with E-state index in [2.05, 4.69) is 34.9 Å². The maximum Gasteiger partial charge on any atom is 0.407 e. The fraction of sp³-hybridized carbons (Fsp3) is 0.444. The van der Waals surface area contributed by atoms with Crippen LogP contribution in [0.3, 0.4) is 0 Å². The van der Waals surface area contributed by atoms with Gasteiger partial charge < -0.3 is 20.5 Å². The summed E-state index contributed by atoms with van der Waals surface area (Å²) >= 11 is 0. The predicted octanol–water partition coefficient (Wildman–Crippen LogP) is 4.56. The van der Waals surface area contributed by atoms with Crippen LogP contribution >= 0.6 is 0 Å². The number of fused-ring (bicyclic) bond motifs is 3. The van der Waals surface area contributed by atoms with Gasteiger partial charge in [-0.15, -0.1) is 0 Å². The topological polar surface area (TPSA) is 105 Å². The van der Waals surface area contributed by atoms with Crippen LogP contribution in [0.15, 0.2) is 48.5 Å². The van der Waals surface area contributed by atoms with Crippen LogP contribution < -0.4 is 10.6 Å². The molecule has 3 N–H and O–H groups in total. The van der Waals surface area contributed by atoms with Gasteiger partial charge in [-0.2, -0.15) is 0 Å². The molecule has 0 spiro atoms. The van der Waals surface area contributed by atoms with Gasteiger partial charge in [0.1, 0.15) is 12.6 Å². The lowest BCUT2D eigenvalue weighted by Gasteiger charge is -2.29. The number of amides is 2. The van der Waals surface area contributed by atoms with Gasteiger partial charge >= 0.3 is 12.1 Å². The third-order valence-corrected chi connectivity index (χ3v) is 6.61. The second-order valence-corrected chi connectivity index (χ2v) is 9.59. The molecule has 7 heteroatoms. The maximum atomic E-state index is 12.9. The molecule has 182 valence electrons. The van der Waals surface area contributed by atoms with Crippen LogP contribution in [0, 0.1) is 11.3 Å². The second-order valence-electron chi connectivity index (χ2n) is 9.59. The van der Waals surface area contributed by atoms with E-state index in [1.165, 1.54) is 0 Å². The summed E-state index contributed by atoms with van der Waals surface area (Å²) < 4.78 is 5.56. The van der Waals surface area contributed by atoms with Crippen LogP contribution in [0.5, 0.6) is 0 Å². The van der Waals surface area contributed by atoms with Gasteiger partial charge in [0, 0.05) is 12.5 Å². The fourth-order valence-electron chi connectivity index (χ4n) is 4.31.